The van der Waals surface area contributed by atoms with Crippen molar-refractivity contribution in [3.63, 3.8) is 0 Å². The Kier molecular flexibility index (Phi) is 6.01. The van der Waals surface area contributed by atoms with Crippen LogP contribution in [0.2, 0.25) is 5.02 Å². The number of halogens is 1. The number of ether oxygens (including phenoxy) is 1. The first-order valence-electron chi connectivity index (χ1n) is 10.1. The molecule has 0 saturated heterocycles. The predicted molar refractivity (Wildman–Crippen MR) is 125 cm³/mol. The van der Waals surface area contributed by atoms with Gasteiger partial charge in [-0.05, 0) is 66.8 Å². The summed E-state index contributed by atoms with van der Waals surface area (Å²) >= 11 is 6.22. The molecule has 0 aliphatic heterocycles. The average Bonchev–Trinajstić information content (AvgIpc) is 3.17. The lowest BCUT2D eigenvalue weighted by atomic mass is 10.1. The molecule has 164 valence electrons. The van der Waals surface area contributed by atoms with E-state index in [2.05, 4.69) is 22.8 Å². The van der Waals surface area contributed by atoms with Gasteiger partial charge in [-0.25, -0.2) is 4.79 Å². The zero-order valence-electron chi connectivity index (χ0n) is 17.6. The molecule has 0 radical (unpaired) electrons. The van der Waals surface area contributed by atoms with E-state index in [-0.39, 0.29) is 17.3 Å². The molecular weight excluding hydrogens is 430 g/mol. The molecular formula is C24H22ClN3O4. The van der Waals surface area contributed by atoms with Gasteiger partial charge in [0, 0.05) is 40.3 Å². The van der Waals surface area contributed by atoms with Gasteiger partial charge in [0.15, 0.2) is 0 Å². The van der Waals surface area contributed by atoms with Crippen LogP contribution in [0, 0.1) is 17.0 Å². The molecule has 1 aliphatic carbocycles. The van der Waals surface area contributed by atoms with Crippen molar-refractivity contribution in [2.45, 2.75) is 25.8 Å². The predicted octanol–water partition coefficient (Wildman–Crippen LogP) is 5.67. The quantitative estimate of drug-likeness (QED) is 0.285. The molecule has 8 heteroatoms. The van der Waals surface area contributed by atoms with Crippen LogP contribution in [0.25, 0.3) is 0 Å². The smallest absolute Gasteiger partial charge is 0.340 e. The number of nitro benzene ring substituents is 1. The molecule has 32 heavy (non-hydrogen) atoms. The lowest BCUT2D eigenvalue weighted by Gasteiger charge is -2.16. The number of nitrogens with one attached hydrogen (secondary N) is 2. The summed E-state index contributed by atoms with van der Waals surface area (Å²) in [5.74, 6) is -0.616. The number of nitro groups is 1. The SMILES string of the molecule is COC(=O)c1cc([N+](=O)[O-])ccc1NC1Cc2ccc(Nc3ccc(C)c(Cl)c3)cc2C1. The van der Waals surface area contributed by atoms with Crippen molar-refractivity contribution in [3.05, 3.63) is 92.0 Å². The third kappa shape index (κ3) is 4.53. The second-order valence-corrected chi connectivity index (χ2v) is 8.21. The Bertz CT molecular complexity index is 1210. The van der Waals surface area contributed by atoms with Crippen LogP contribution in [0.4, 0.5) is 22.7 Å². The minimum atomic E-state index is -0.616. The number of non-ortho nitro benzene ring substituents is 1. The van der Waals surface area contributed by atoms with Crippen molar-refractivity contribution < 1.29 is 14.5 Å². The van der Waals surface area contributed by atoms with Crippen molar-refractivity contribution >= 4 is 40.3 Å². The van der Waals surface area contributed by atoms with E-state index in [1.807, 2.05) is 31.2 Å². The second-order valence-electron chi connectivity index (χ2n) is 7.80. The van der Waals surface area contributed by atoms with Crippen LogP contribution in [0.1, 0.15) is 27.0 Å². The van der Waals surface area contributed by atoms with Gasteiger partial charge in [0.1, 0.15) is 0 Å². The number of hydrogen-bond acceptors (Lipinski definition) is 6. The Morgan fingerprint density at radius 2 is 1.78 bits per heavy atom. The second kappa shape index (κ2) is 8.88. The van der Waals surface area contributed by atoms with Crippen molar-refractivity contribution in [2.75, 3.05) is 17.7 Å². The fraction of sp³-hybridized carbons (Fsp3) is 0.208. The molecule has 1 aliphatic rings. The van der Waals surface area contributed by atoms with Crippen LogP contribution >= 0.6 is 11.6 Å². The summed E-state index contributed by atoms with van der Waals surface area (Å²) in [6, 6.07) is 16.3. The van der Waals surface area contributed by atoms with Gasteiger partial charge in [0.25, 0.3) is 5.69 Å². The standard InChI is InChI=1S/C24H22ClN3O4/c1-14-3-5-18(12-22(14)25)26-17-6-4-15-9-19(11-16(15)10-17)27-23-8-7-20(28(30)31)13-21(23)24(29)32-2/h3-8,10,12-13,19,26-27H,9,11H2,1-2H3. The highest BCUT2D eigenvalue weighted by Gasteiger charge is 2.24. The van der Waals surface area contributed by atoms with Crippen LogP contribution in [0.5, 0.6) is 0 Å². The van der Waals surface area contributed by atoms with Crippen LogP contribution < -0.4 is 10.6 Å². The summed E-state index contributed by atoms with van der Waals surface area (Å²) in [5.41, 5.74) is 5.85. The summed E-state index contributed by atoms with van der Waals surface area (Å²) in [4.78, 5) is 22.7. The lowest BCUT2D eigenvalue weighted by Crippen LogP contribution is -2.21. The third-order valence-electron chi connectivity index (χ3n) is 5.58. The van der Waals surface area contributed by atoms with Gasteiger partial charge < -0.3 is 15.4 Å². The fourth-order valence-corrected chi connectivity index (χ4v) is 4.09. The molecule has 4 rings (SSSR count). The minimum Gasteiger partial charge on any atom is -0.465 e. The van der Waals surface area contributed by atoms with E-state index < -0.39 is 10.9 Å². The maximum Gasteiger partial charge on any atom is 0.340 e. The Balaban J connectivity index is 1.50. The Morgan fingerprint density at radius 3 is 2.50 bits per heavy atom. The van der Waals surface area contributed by atoms with Gasteiger partial charge in [0.2, 0.25) is 0 Å². The summed E-state index contributed by atoms with van der Waals surface area (Å²) in [6.07, 6.45) is 1.54. The summed E-state index contributed by atoms with van der Waals surface area (Å²) < 4.78 is 4.81. The topological polar surface area (TPSA) is 93.5 Å². The molecule has 7 nitrogen and oxygen atoms in total. The molecule has 2 N–H and O–H groups in total. The number of carbonyl (C=O) groups is 1. The highest BCUT2D eigenvalue weighted by atomic mass is 35.5. The number of methoxy groups -OCH3 is 1. The van der Waals surface area contributed by atoms with Crippen molar-refractivity contribution in [1.29, 1.82) is 0 Å². The van der Waals surface area contributed by atoms with Crippen LogP contribution in [0.3, 0.4) is 0 Å². The molecule has 0 heterocycles. The molecule has 1 unspecified atom stereocenters. The number of anilines is 3. The fourth-order valence-electron chi connectivity index (χ4n) is 3.91. The van der Waals surface area contributed by atoms with Crippen LogP contribution in [0.15, 0.2) is 54.6 Å². The first-order chi connectivity index (χ1) is 15.3. The summed E-state index contributed by atoms with van der Waals surface area (Å²) in [5, 5.41) is 18.5. The molecule has 0 fully saturated rings. The average molecular weight is 452 g/mol. The number of nitrogens with zero attached hydrogens (tertiary/aromatic N) is 1. The van der Waals surface area contributed by atoms with Crippen molar-refractivity contribution in [3.8, 4) is 0 Å². The Labute approximate surface area is 190 Å². The van der Waals surface area contributed by atoms with E-state index in [0.717, 1.165) is 29.8 Å². The number of esters is 1. The van der Waals surface area contributed by atoms with Crippen LogP contribution in [-0.2, 0) is 17.6 Å². The number of benzene rings is 3. The lowest BCUT2D eigenvalue weighted by molar-refractivity contribution is -0.384. The molecule has 0 aromatic heterocycles. The zero-order valence-corrected chi connectivity index (χ0v) is 18.4. The Hall–Kier alpha value is -3.58. The molecule has 0 amide bonds. The summed E-state index contributed by atoms with van der Waals surface area (Å²) in [6.45, 7) is 1.96. The van der Waals surface area contributed by atoms with Crippen molar-refractivity contribution in [2.24, 2.45) is 0 Å². The normalized spacial score (nSPS) is 14.5. The maximum atomic E-state index is 12.2. The molecule has 3 aromatic rings. The number of aryl methyl sites for hydroxylation is 1. The van der Waals surface area contributed by atoms with E-state index in [9.17, 15) is 14.9 Å². The van der Waals surface area contributed by atoms with Gasteiger partial charge in [0.05, 0.1) is 17.6 Å². The largest absolute Gasteiger partial charge is 0.465 e. The molecule has 0 saturated carbocycles. The maximum absolute atomic E-state index is 12.2. The summed E-state index contributed by atoms with van der Waals surface area (Å²) in [7, 11) is 1.26. The van der Waals surface area contributed by atoms with E-state index in [0.29, 0.717) is 10.7 Å². The zero-order chi connectivity index (χ0) is 22.8. The molecule has 1 atom stereocenters. The van der Waals surface area contributed by atoms with E-state index in [4.69, 9.17) is 16.3 Å². The third-order valence-corrected chi connectivity index (χ3v) is 5.99. The van der Waals surface area contributed by atoms with Gasteiger partial charge >= 0.3 is 5.97 Å². The van der Waals surface area contributed by atoms with Gasteiger partial charge in [-0.15, -0.1) is 0 Å². The molecule has 0 spiro atoms. The van der Waals surface area contributed by atoms with Gasteiger partial charge in [-0.1, -0.05) is 23.7 Å². The number of rotatable bonds is 6. The minimum absolute atomic E-state index is 0.0546. The molecule has 0 bridgehead atoms. The van der Waals surface area contributed by atoms with E-state index >= 15 is 0 Å². The Morgan fingerprint density at radius 1 is 1.06 bits per heavy atom. The number of hydrogen-bond donors (Lipinski definition) is 2. The monoisotopic (exact) mass is 451 g/mol. The van der Waals surface area contributed by atoms with Gasteiger partial charge in [-0.3, -0.25) is 10.1 Å². The highest BCUT2D eigenvalue weighted by molar-refractivity contribution is 6.31. The highest BCUT2D eigenvalue weighted by Crippen LogP contribution is 2.31. The van der Waals surface area contributed by atoms with E-state index in [1.54, 1.807) is 6.07 Å². The van der Waals surface area contributed by atoms with Crippen molar-refractivity contribution in [1.82, 2.24) is 0 Å². The first kappa shape index (κ1) is 21.6. The van der Waals surface area contributed by atoms with Gasteiger partial charge in [-0.2, -0.15) is 0 Å². The number of fused-ring (bicyclic) bond motifs is 1. The number of carbonyl (C=O) groups excluding carboxylic acids is 1. The first-order valence-corrected chi connectivity index (χ1v) is 10.5. The van der Waals surface area contributed by atoms with E-state index in [1.165, 1.54) is 30.4 Å². The van der Waals surface area contributed by atoms with Crippen LogP contribution in [-0.4, -0.2) is 24.0 Å². The molecule has 3 aromatic carbocycles.